The van der Waals surface area contributed by atoms with Crippen molar-refractivity contribution in [3.63, 3.8) is 0 Å². The molecule has 1 fully saturated rings. The van der Waals surface area contributed by atoms with Crippen LogP contribution in [0, 0.1) is 0 Å². The predicted molar refractivity (Wildman–Crippen MR) is 121 cm³/mol. The zero-order valence-corrected chi connectivity index (χ0v) is 17.8. The Morgan fingerprint density at radius 1 is 1.30 bits per heavy atom. The molecule has 2 N–H and O–H groups in total. The summed E-state index contributed by atoms with van der Waals surface area (Å²) in [4.78, 5) is 11.4. The molecule has 2 aromatic heterocycles. The summed E-state index contributed by atoms with van der Waals surface area (Å²) < 4.78 is 5.36. The molecule has 146 valence electrons. The van der Waals surface area contributed by atoms with E-state index in [1.807, 2.05) is 36.5 Å². The average Bonchev–Trinajstić information content (AvgIpc) is 3.21. The highest BCUT2D eigenvalue weighted by Gasteiger charge is 2.20. The van der Waals surface area contributed by atoms with Crippen LogP contribution in [0.1, 0.15) is 18.6 Å². The monoisotopic (exact) mass is 481 g/mol. The van der Waals surface area contributed by atoms with Crippen LogP contribution in [0.3, 0.4) is 0 Å². The van der Waals surface area contributed by atoms with Crippen LogP contribution >= 0.6 is 24.0 Å². The summed E-state index contributed by atoms with van der Waals surface area (Å²) in [5.74, 6) is 2.86. The summed E-state index contributed by atoms with van der Waals surface area (Å²) in [6.45, 7) is 7.14. The van der Waals surface area contributed by atoms with E-state index in [0.717, 1.165) is 49.9 Å². The van der Waals surface area contributed by atoms with Gasteiger partial charge in [-0.3, -0.25) is 4.99 Å². The lowest BCUT2D eigenvalue weighted by molar-refractivity contribution is 0.459. The molecule has 0 saturated carbocycles. The Morgan fingerprint density at radius 2 is 2.15 bits per heavy atom. The lowest BCUT2D eigenvalue weighted by Crippen LogP contribution is -2.49. The fraction of sp³-hybridized carbons (Fsp3) is 0.400. The molecule has 27 heavy (non-hydrogen) atoms. The van der Waals surface area contributed by atoms with Crippen molar-refractivity contribution >= 4 is 35.8 Å². The van der Waals surface area contributed by atoms with Gasteiger partial charge in [0.05, 0.1) is 6.26 Å². The van der Waals surface area contributed by atoms with Crippen molar-refractivity contribution in [3.8, 4) is 0 Å². The number of guanidine groups is 1. The maximum absolute atomic E-state index is 5.36. The summed E-state index contributed by atoms with van der Waals surface area (Å²) >= 11 is 0. The summed E-state index contributed by atoms with van der Waals surface area (Å²) in [5.41, 5.74) is 0. The van der Waals surface area contributed by atoms with Gasteiger partial charge in [0.2, 0.25) is 0 Å². The van der Waals surface area contributed by atoms with Gasteiger partial charge in [-0.15, -0.1) is 30.6 Å². The number of hydrogen-bond acceptors (Lipinski definition) is 4. The number of furan rings is 1. The second kappa shape index (κ2) is 11.6. The first-order valence-corrected chi connectivity index (χ1v) is 9.19. The molecule has 0 radical (unpaired) electrons. The summed E-state index contributed by atoms with van der Waals surface area (Å²) in [6, 6.07) is 10.4. The highest BCUT2D eigenvalue weighted by atomic mass is 127. The number of nitrogens with one attached hydrogen (secondary N) is 2. The first-order valence-electron chi connectivity index (χ1n) is 9.19. The fourth-order valence-corrected chi connectivity index (χ4v) is 3.04. The Kier molecular flexibility index (Phi) is 9.17. The fourth-order valence-electron chi connectivity index (χ4n) is 3.04. The second-order valence-electron chi connectivity index (χ2n) is 6.32. The van der Waals surface area contributed by atoms with Crippen LogP contribution in [0.5, 0.6) is 0 Å². The molecule has 1 saturated heterocycles. The van der Waals surface area contributed by atoms with Crippen LogP contribution in [-0.4, -0.2) is 43.2 Å². The summed E-state index contributed by atoms with van der Waals surface area (Å²) in [7, 11) is 0. The topological polar surface area (TPSA) is 65.7 Å². The molecule has 2 aromatic rings. The first-order chi connectivity index (χ1) is 12.8. The van der Waals surface area contributed by atoms with E-state index in [2.05, 4.69) is 38.2 Å². The zero-order chi connectivity index (χ0) is 18.0. The Labute approximate surface area is 178 Å². The highest BCUT2D eigenvalue weighted by molar-refractivity contribution is 14.0. The number of halogens is 1. The third kappa shape index (κ3) is 6.89. The average molecular weight is 481 g/mol. The molecule has 0 aliphatic carbocycles. The molecule has 6 nitrogen and oxygen atoms in total. The molecule has 0 atom stereocenters. The summed E-state index contributed by atoms with van der Waals surface area (Å²) in [6.07, 6.45) is 8.30. The lowest BCUT2D eigenvalue weighted by atomic mass is 10.1. The quantitative estimate of drug-likeness (QED) is 0.275. The molecule has 0 amide bonds. The van der Waals surface area contributed by atoms with Crippen LogP contribution < -0.4 is 15.5 Å². The van der Waals surface area contributed by atoms with E-state index in [9.17, 15) is 0 Å². The van der Waals surface area contributed by atoms with Gasteiger partial charge in [0.15, 0.2) is 5.96 Å². The molecule has 0 aromatic carbocycles. The van der Waals surface area contributed by atoms with Crippen molar-refractivity contribution in [2.45, 2.75) is 25.3 Å². The van der Waals surface area contributed by atoms with Crippen LogP contribution in [-0.2, 0) is 6.42 Å². The van der Waals surface area contributed by atoms with E-state index >= 15 is 0 Å². The molecule has 1 aliphatic heterocycles. The van der Waals surface area contributed by atoms with Crippen molar-refractivity contribution in [1.29, 1.82) is 0 Å². The molecule has 3 heterocycles. The first kappa shape index (κ1) is 21.3. The number of aliphatic imine (C=N–C) groups is 1. The minimum absolute atomic E-state index is 0. The number of anilines is 1. The zero-order valence-electron chi connectivity index (χ0n) is 15.5. The van der Waals surface area contributed by atoms with Gasteiger partial charge in [-0.25, -0.2) is 4.98 Å². The van der Waals surface area contributed by atoms with Gasteiger partial charge in [-0.05, 0) is 37.1 Å². The van der Waals surface area contributed by atoms with E-state index in [0.29, 0.717) is 19.1 Å². The van der Waals surface area contributed by atoms with E-state index in [1.165, 1.54) is 0 Å². The Hall–Kier alpha value is -2.03. The third-order valence-corrected chi connectivity index (χ3v) is 4.43. The highest BCUT2D eigenvalue weighted by Crippen LogP contribution is 2.17. The van der Waals surface area contributed by atoms with Gasteiger partial charge >= 0.3 is 0 Å². The van der Waals surface area contributed by atoms with Gasteiger partial charge < -0.3 is 20.0 Å². The Morgan fingerprint density at radius 3 is 2.81 bits per heavy atom. The molecule has 0 unspecified atom stereocenters. The molecule has 0 bridgehead atoms. The minimum Gasteiger partial charge on any atom is -0.469 e. The maximum atomic E-state index is 5.36. The molecular formula is C20H28IN5O. The van der Waals surface area contributed by atoms with E-state index in [-0.39, 0.29) is 24.0 Å². The molecule has 0 spiro atoms. The van der Waals surface area contributed by atoms with Crippen LogP contribution in [0.25, 0.3) is 0 Å². The van der Waals surface area contributed by atoms with Crippen molar-refractivity contribution in [1.82, 2.24) is 15.6 Å². The standard InChI is InChI=1S/C20H27N5O.HI/c1-2-11-22-20(23-13-8-18-6-5-16-26-18)24-17-9-14-25(15-10-17)19-7-3-4-12-21-19;/h2-7,12,16-17H,1,8-11,13-15H2,(H2,22,23,24);1H. The van der Waals surface area contributed by atoms with Gasteiger partial charge in [0.25, 0.3) is 0 Å². The van der Waals surface area contributed by atoms with Crippen molar-refractivity contribution in [2.24, 2.45) is 4.99 Å². The Bertz CT molecular complexity index is 682. The lowest BCUT2D eigenvalue weighted by Gasteiger charge is -2.33. The molecular weight excluding hydrogens is 453 g/mol. The Balaban J connectivity index is 0.00000261. The minimum atomic E-state index is 0. The van der Waals surface area contributed by atoms with E-state index in [4.69, 9.17) is 4.42 Å². The normalized spacial score (nSPS) is 15.1. The number of rotatable bonds is 7. The van der Waals surface area contributed by atoms with Gasteiger partial charge in [0, 0.05) is 44.8 Å². The largest absolute Gasteiger partial charge is 0.469 e. The van der Waals surface area contributed by atoms with Gasteiger partial charge in [-0.1, -0.05) is 12.1 Å². The van der Waals surface area contributed by atoms with Crippen molar-refractivity contribution in [2.75, 3.05) is 31.1 Å². The van der Waals surface area contributed by atoms with Crippen molar-refractivity contribution < 1.29 is 4.42 Å². The second-order valence-corrected chi connectivity index (χ2v) is 6.32. The number of hydrogen-bond donors (Lipinski definition) is 2. The van der Waals surface area contributed by atoms with Crippen LogP contribution in [0.2, 0.25) is 0 Å². The van der Waals surface area contributed by atoms with Crippen LogP contribution in [0.4, 0.5) is 5.82 Å². The van der Waals surface area contributed by atoms with Gasteiger partial charge in [-0.2, -0.15) is 0 Å². The molecule has 1 aliphatic rings. The van der Waals surface area contributed by atoms with Crippen molar-refractivity contribution in [3.05, 3.63) is 61.2 Å². The third-order valence-electron chi connectivity index (χ3n) is 4.43. The molecule has 7 heteroatoms. The number of pyridine rings is 1. The van der Waals surface area contributed by atoms with Crippen LogP contribution in [0.15, 0.2) is 64.9 Å². The predicted octanol–water partition coefficient (Wildman–Crippen LogP) is 3.23. The van der Waals surface area contributed by atoms with E-state index in [1.54, 1.807) is 6.26 Å². The SMILES string of the molecule is C=CCNC(=NCCc1ccco1)NC1CCN(c2ccccn2)CC1.I. The smallest absolute Gasteiger partial charge is 0.191 e. The number of piperidine rings is 1. The summed E-state index contributed by atoms with van der Waals surface area (Å²) in [5, 5.41) is 6.86. The van der Waals surface area contributed by atoms with Gasteiger partial charge in [0.1, 0.15) is 11.6 Å². The van der Waals surface area contributed by atoms with E-state index < -0.39 is 0 Å². The maximum Gasteiger partial charge on any atom is 0.191 e. The number of nitrogens with zero attached hydrogens (tertiary/aromatic N) is 3. The molecule has 3 rings (SSSR count). The number of aromatic nitrogens is 1.